The highest BCUT2D eigenvalue weighted by Crippen LogP contribution is 2.33. The highest BCUT2D eigenvalue weighted by Gasteiger charge is 2.37. The van der Waals surface area contributed by atoms with Crippen molar-refractivity contribution < 1.29 is 18.3 Å². The van der Waals surface area contributed by atoms with E-state index in [4.69, 9.17) is 5.11 Å². The summed E-state index contributed by atoms with van der Waals surface area (Å²) >= 11 is 4.38. The van der Waals surface area contributed by atoms with Crippen molar-refractivity contribution >= 4 is 43.3 Å². The number of hydrogen-bond donors (Lipinski definition) is 1. The molecule has 2 atom stereocenters. The van der Waals surface area contributed by atoms with Crippen LogP contribution in [0.25, 0.3) is 0 Å². The number of carbonyl (C=O) groups is 1. The number of carboxylic acids is 1. The molecule has 0 bridgehead atoms. The van der Waals surface area contributed by atoms with E-state index in [-0.39, 0.29) is 16.8 Å². The molecule has 19 heavy (non-hydrogen) atoms. The summed E-state index contributed by atoms with van der Waals surface area (Å²) < 4.78 is 27.3. The van der Waals surface area contributed by atoms with Crippen molar-refractivity contribution in [3.05, 3.63) is 15.9 Å². The van der Waals surface area contributed by atoms with Gasteiger partial charge in [0.2, 0.25) is 0 Å². The summed E-state index contributed by atoms with van der Waals surface area (Å²) in [6.45, 7) is 1.87. The summed E-state index contributed by atoms with van der Waals surface area (Å²) in [5, 5.41) is 9.06. The van der Waals surface area contributed by atoms with Gasteiger partial charge in [0, 0.05) is 12.6 Å². The monoisotopic (exact) mass is 367 g/mol. The predicted octanol–water partition coefficient (Wildman–Crippen LogP) is 2.38. The molecule has 0 saturated carbocycles. The van der Waals surface area contributed by atoms with Gasteiger partial charge in [-0.3, -0.25) is 4.79 Å². The van der Waals surface area contributed by atoms with E-state index in [1.54, 1.807) is 12.1 Å². The summed E-state index contributed by atoms with van der Waals surface area (Å²) in [6.07, 6.45) is 1.10. The molecule has 0 amide bonds. The molecule has 2 rings (SSSR count). The van der Waals surface area contributed by atoms with E-state index >= 15 is 0 Å². The lowest BCUT2D eigenvalue weighted by atomic mass is 9.96. The normalized spacial score (nSPS) is 25.4. The molecule has 1 fully saturated rings. The Balaban J connectivity index is 2.30. The molecule has 0 aromatic carbocycles. The van der Waals surface area contributed by atoms with Crippen LogP contribution >= 0.6 is 27.3 Å². The molecular formula is C11H14BrNO4S2. The Morgan fingerprint density at radius 1 is 1.47 bits per heavy atom. The fourth-order valence-corrected chi connectivity index (χ4v) is 6.01. The third-order valence-corrected chi connectivity index (χ3v) is 7.36. The number of halogens is 1. The summed E-state index contributed by atoms with van der Waals surface area (Å²) in [7, 11) is -3.60. The smallest absolute Gasteiger partial charge is 0.307 e. The maximum absolute atomic E-state index is 12.5. The van der Waals surface area contributed by atoms with Crippen molar-refractivity contribution in [3.8, 4) is 0 Å². The molecule has 106 valence electrons. The Kier molecular flexibility index (Phi) is 4.34. The van der Waals surface area contributed by atoms with Gasteiger partial charge in [0.05, 0.1) is 9.70 Å². The number of aliphatic carboxylic acids is 1. The Morgan fingerprint density at radius 2 is 2.16 bits per heavy atom. The van der Waals surface area contributed by atoms with Crippen LogP contribution in [0.5, 0.6) is 0 Å². The van der Waals surface area contributed by atoms with E-state index in [1.807, 2.05) is 6.92 Å². The van der Waals surface area contributed by atoms with Crippen LogP contribution in [0.15, 0.2) is 20.1 Å². The van der Waals surface area contributed by atoms with Gasteiger partial charge in [-0.2, -0.15) is 4.31 Å². The highest BCUT2D eigenvalue weighted by molar-refractivity contribution is 9.11. The van der Waals surface area contributed by atoms with E-state index in [9.17, 15) is 13.2 Å². The standard InChI is InChI=1S/C11H14BrNO4S2/c1-7-2-3-8(11(14)15)6-13(7)19(16,17)10-5-4-9(12)18-10/h4-5,7-8H,2-3,6H2,1H3,(H,14,15). The van der Waals surface area contributed by atoms with E-state index < -0.39 is 21.9 Å². The molecule has 1 aliphatic rings. The third-order valence-electron chi connectivity index (χ3n) is 3.29. The second-order valence-corrected chi connectivity index (χ2v) is 9.18. The maximum Gasteiger partial charge on any atom is 0.307 e. The van der Waals surface area contributed by atoms with Gasteiger partial charge in [-0.1, -0.05) is 0 Å². The molecule has 0 spiro atoms. The summed E-state index contributed by atoms with van der Waals surface area (Å²) in [5.41, 5.74) is 0. The highest BCUT2D eigenvalue weighted by atomic mass is 79.9. The first-order chi connectivity index (χ1) is 8.82. The lowest BCUT2D eigenvalue weighted by Gasteiger charge is -2.34. The summed E-state index contributed by atoms with van der Waals surface area (Å²) in [6, 6.07) is 3.06. The van der Waals surface area contributed by atoms with Crippen LogP contribution in [0.3, 0.4) is 0 Å². The van der Waals surface area contributed by atoms with Crippen molar-refractivity contribution in [3.63, 3.8) is 0 Å². The SMILES string of the molecule is CC1CCC(C(=O)O)CN1S(=O)(=O)c1ccc(Br)s1. The Bertz CT molecular complexity index is 583. The molecule has 1 aliphatic heterocycles. The van der Waals surface area contributed by atoms with Crippen LogP contribution in [0.1, 0.15) is 19.8 Å². The van der Waals surface area contributed by atoms with Crippen LogP contribution < -0.4 is 0 Å². The van der Waals surface area contributed by atoms with Crippen LogP contribution in [0.2, 0.25) is 0 Å². The van der Waals surface area contributed by atoms with Gasteiger partial charge in [0.15, 0.2) is 0 Å². The van der Waals surface area contributed by atoms with Gasteiger partial charge >= 0.3 is 5.97 Å². The Labute approximate surface area is 124 Å². The average Bonchev–Trinajstić information content (AvgIpc) is 2.76. The number of thiophene rings is 1. The molecular weight excluding hydrogens is 354 g/mol. The quantitative estimate of drug-likeness (QED) is 0.889. The van der Waals surface area contributed by atoms with Crippen molar-refractivity contribution in [1.82, 2.24) is 4.31 Å². The predicted molar refractivity (Wildman–Crippen MR) is 75.7 cm³/mol. The minimum atomic E-state index is -3.60. The van der Waals surface area contributed by atoms with E-state index in [2.05, 4.69) is 15.9 Å². The van der Waals surface area contributed by atoms with Gasteiger partial charge < -0.3 is 5.11 Å². The largest absolute Gasteiger partial charge is 0.481 e. The van der Waals surface area contributed by atoms with Crippen LogP contribution in [-0.4, -0.2) is 36.4 Å². The van der Waals surface area contributed by atoms with Crippen molar-refractivity contribution in [1.29, 1.82) is 0 Å². The number of piperidine rings is 1. The molecule has 8 heteroatoms. The maximum atomic E-state index is 12.5. The zero-order valence-corrected chi connectivity index (χ0v) is 13.5. The molecule has 0 radical (unpaired) electrons. The van der Waals surface area contributed by atoms with E-state index in [0.717, 1.165) is 15.1 Å². The van der Waals surface area contributed by atoms with Gasteiger partial charge in [-0.05, 0) is 47.8 Å². The topological polar surface area (TPSA) is 74.7 Å². The molecule has 5 nitrogen and oxygen atoms in total. The van der Waals surface area contributed by atoms with Crippen molar-refractivity contribution in [2.75, 3.05) is 6.54 Å². The molecule has 1 aromatic heterocycles. The number of nitrogens with zero attached hydrogens (tertiary/aromatic N) is 1. The molecule has 1 N–H and O–H groups in total. The first-order valence-corrected chi connectivity index (χ1v) is 8.87. The minimum Gasteiger partial charge on any atom is -0.481 e. The number of carboxylic acid groups (broad SMARTS) is 1. The molecule has 0 aliphatic carbocycles. The third kappa shape index (κ3) is 3.01. The summed E-state index contributed by atoms with van der Waals surface area (Å²) in [4.78, 5) is 11.0. The Hall–Kier alpha value is -0.440. The zero-order valence-electron chi connectivity index (χ0n) is 10.2. The lowest BCUT2D eigenvalue weighted by Crippen LogP contribution is -2.47. The Morgan fingerprint density at radius 3 is 2.68 bits per heavy atom. The van der Waals surface area contributed by atoms with Gasteiger partial charge in [0.25, 0.3) is 10.0 Å². The zero-order chi connectivity index (χ0) is 14.2. The van der Waals surface area contributed by atoms with Crippen LogP contribution in [0.4, 0.5) is 0 Å². The van der Waals surface area contributed by atoms with Gasteiger partial charge in [-0.25, -0.2) is 8.42 Å². The molecule has 2 unspecified atom stereocenters. The molecule has 2 heterocycles. The van der Waals surface area contributed by atoms with Gasteiger partial charge in [-0.15, -0.1) is 11.3 Å². The number of hydrogen-bond acceptors (Lipinski definition) is 4. The fourth-order valence-electron chi connectivity index (χ4n) is 2.16. The minimum absolute atomic E-state index is 0.0500. The fraction of sp³-hybridized carbons (Fsp3) is 0.545. The second kappa shape index (κ2) is 5.51. The molecule has 1 saturated heterocycles. The average molecular weight is 368 g/mol. The number of rotatable bonds is 3. The van der Waals surface area contributed by atoms with Crippen molar-refractivity contribution in [2.24, 2.45) is 5.92 Å². The van der Waals surface area contributed by atoms with Gasteiger partial charge in [0.1, 0.15) is 4.21 Å². The molecule has 1 aromatic rings. The first kappa shape index (κ1) is 15.0. The number of sulfonamides is 1. The van der Waals surface area contributed by atoms with Crippen molar-refractivity contribution in [2.45, 2.75) is 30.0 Å². The summed E-state index contributed by atoms with van der Waals surface area (Å²) in [5.74, 6) is -1.55. The lowest BCUT2D eigenvalue weighted by molar-refractivity contribution is -0.143. The van der Waals surface area contributed by atoms with E-state index in [1.165, 1.54) is 4.31 Å². The van der Waals surface area contributed by atoms with E-state index in [0.29, 0.717) is 12.8 Å². The first-order valence-electron chi connectivity index (χ1n) is 5.82. The second-order valence-electron chi connectivity index (χ2n) is 4.59. The van der Waals surface area contributed by atoms with Crippen LogP contribution in [0, 0.1) is 5.92 Å². The van der Waals surface area contributed by atoms with Crippen LogP contribution in [-0.2, 0) is 14.8 Å².